The zero-order valence-corrected chi connectivity index (χ0v) is 14.3. The average molecular weight is 330 g/mol. The number of carboxylic acids is 1. The lowest BCUT2D eigenvalue weighted by Gasteiger charge is -2.12. The zero-order valence-electron chi connectivity index (χ0n) is 14.3. The molecule has 0 fully saturated rings. The maximum Gasteiger partial charge on any atom is 0.303 e. The minimum atomic E-state index is -2.50. The lowest BCUT2D eigenvalue weighted by atomic mass is 10.1. The van der Waals surface area contributed by atoms with E-state index >= 15 is 0 Å². The molecule has 0 spiro atoms. The van der Waals surface area contributed by atoms with E-state index < -0.39 is 11.9 Å². The van der Waals surface area contributed by atoms with Crippen LogP contribution in [0.15, 0.2) is 12.2 Å². The molecule has 0 unspecified atom stereocenters. The van der Waals surface area contributed by atoms with Crippen LogP contribution in [0, 0.1) is 0 Å². The van der Waals surface area contributed by atoms with Crippen molar-refractivity contribution in [2.24, 2.45) is 0 Å². The lowest BCUT2D eigenvalue weighted by Crippen LogP contribution is -2.26. The first-order valence-electron chi connectivity index (χ1n) is 8.96. The minimum absolute atomic E-state index is 0.0171. The normalized spacial score (nSPS) is 12.1. The Balaban J connectivity index is 3.16. The Morgan fingerprint density at radius 1 is 0.696 bits per heavy atom. The highest BCUT2D eigenvalue weighted by molar-refractivity contribution is 5.66. The van der Waals surface area contributed by atoms with E-state index in [0.717, 1.165) is 57.8 Å². The van der Waals surface area contributed by atoms with Gasteiger partial charge in [-0.2, -0.15) is 0 Å². The Labute approximate surface area is 140 Å². The van der Waals surface area contributed by atoms with Gasteiger partial charge >= 0.3 is 5.97 Å². The summed E-state index contributed by atoms with van der Waals surface area (Å²) in [4.78, 5) is 10.3. The predicted molar refractivity (Wildman–Crippen MR) is 90.8 cm³/mol. The van der Waals surface area contributed by atoms with E-state index in [9.17, 15) is 4.79 Å². The number of allylic oxidation sites excluding steroid dienone is 2. The number of hydrogen-bond acceptors (Lipinski definition) is 4. The van der Waals surface area contributed by atoms with Gasteiger partial charge in [0.2, 0.25) is 0 Å². The summed E-state index contributed by atoms with van der Waals surface area (Å²) < 4.78 is 0. The van der Waals surface area contributed by atoms with Crippen molar-refractivity contribution in [3.63, 3.8) is 0 Å². The minimum Gasteiger partial charge on any atom is -0.481 e. The first-order chi connectivity index (χ1) is 10.9. The number of carboxylic acid groups (broad SMARTS) is 1. The molecule has 136 valence electrons. The summed E-state index contributed by atoms with van der Waals surface area (Å²) in [5.74, 6) is -3.20. The molecular weight excluding hydrogens is 296 g/mol. The first-order valence-corrected chi connectivity index (χ1v) is 8.96. The second-order valence-corrected chi connectivity index (χ2v) is 6.25. The number of aliphatic carboxylic acids is 1. The molecule has 5 heteroatoms. The van der Waals surface area contributed by atoms with Crippen molar-refractivity contribution in [2.75, 3.05) is 0 Å². The van der Waals surface area contributed by atoms with E-state index in [1.54, 1.807) is 0 Å². The van der Waals surface area contributed by atoms with Crippen molar-refractivity contribution in [3.05, 3.63) is 12.2 Å². The fraction of sp³-hybridized carbons (Fsp3) is 0.833. The Kier molecular flexibility index (Phi) is 14.1. The summed E-state index contributed by atoms with van der Waals surface area (Å²) >= 11 is 0. The number of aliphatic hydroxyl groups is 3. The third-order valence-electron chi connectivity index (χ3n) is 3.81. The third kappa shape index (κ3) is 21.1. The van der Waals surface area contributed by atoms with Crippen LogP contribution in [-0.4, -0.2) is 32.4 Å². The van der Waals surface area contributed by atoms with Crippen LogP contribution in [0.1, 0.15) is 89.9 Å². The Morgan fingerprint density at radius 3 is 1.61 bits per heavy atom. The van der Waals surface area contributed by atoms with E-state index in [-0.39, 0.29) is 6.42 Å². The van der Waals surface area contributed by atoms with Crippen LogP contribution in [0.25, 0.3) is 0 Å². The van der Waals surface area contributed by atoms with Gasteiger partial charge in [0.15, 0.2) is 0 Å². The smallest absolute Gasteiger partial charge is 0.303 e. The van der Waals surface area contributed by atoms with E-state index in [4.69, 9.17) is 20.4 Å². The van der Waals surface area contributed by atoms with Crippen LogP contribution < -0.4 is 0 Å². The van der Waals surface area contributed by atoms with Crippen LogP contribution in [0.5, 0.6) is 0 Å². The molecule has 0 saturated heterocycles. The summed E-state index contributed by atoms with van der Waals surface area (Å²) in [5, 5.41) is 34.7. The van der Waals surface area contributed by atoms with Crippen molar-refractivity contribution in [1.82, 2.24) is 0 Å². The molecule has 0 radical (unpaired) electrons. The monoisotopic (exact) mass is 330 g/mol. The largest absolute Gasteiger partial charge is 0.481 e. The molecule has 0 amide bonds. The Morgan fingerprint density at radius 2 is 1.13 bits per heavy atom. The van der Waals surface area contributed by atoms with Gasteiger partial charge in [0.25, 0.3) is 5.97 Å². The maximum atomic E-state index is 10.3. The molecule has 0 aliphatic carbocycles. The van der Waals surface area contributed by atoms with Crippen molar-refractivity contribution >= 4 is 5.97 Å². The van der Waals surface area contributed by atoms with Crippen LogP contribution >= 0.6 is 0 Å². The van der Waals surface area contributed by atoms with E-state index in [1.165, 1.54) is 12.8 Å². The van der Waals surface area contributed by atoms with Gasteiger partial charge in [0.05, 0.1) is 0 Å². The molecule has 0 heterocycles. The summed E-state index contributed by atoms with van der Waals surface area (Å²) in [6, 6.07) is 0. The van der Waals surface area contributed by atoms with Gasteiger partial charge in [-0.25, -0.2) is 0 Å². The molecule has 0 aromatic heterocycles. The maximum absolute atomic E-state index is 10.3. The molecule has 0 saturated carbocycles. The molecule has 23 heavy (non-hydrogen) atoms. The Bertz CT molecular complexity index is 307. The lowest BCUT2D eigenvalue weighted by molar-refractivity contribution is -0.315. The van der Waals surface area contributed by atoms with Crippen LogP contribution in [0.2, 0.25) is 0 Å². The molecule has 0 aliphatic heterocycles. The summed E-state index contributed by atoms with van der Waals surface area (Å²) in [5.41, 5.74) is 0. The summed E-state index contributed by atoms with van der Waals surface area (Å²) in [6.07, 6.45) is 17.1. The Hall–Kier alpha value is -0.910. The topological polar surface area (TPSA) is 98.0 Å². The van der Waals surface area contributed by atoms with Gasteiger partial charge in [0, 0.05) is 12.8 Å². The highest BCUT2D eigenvalue weighted by atomic mass is 16.7. The number of hydrogen-bond donors (Lipinski definition) is 4. The number of rotatable bonds is 16. The van der Waals surface area contributed by atoms with Crippen LogP contribution in [0.4, 0.5) is 0 Å². The van der Waals surface area contributed by atoms with Crippen LogP contribution in [0.3, 0.4) is 0 Å². The second kappa shape index (κ2) is 14.7. The number of carbonyl (C=O) groups is 1. The number of unbranched alkanes of at least 4 members (excludes halogenated alkanes) is 10. The zero-order chi connectivity index (χ0) is 17.4. The van der Waals surface area contributed by atoms with Gasteiger partial charge in [-0.15, -0.1) is 0 Å². The molecule has 0 atom stereocenters. The first kappa shape index (κ1) is 22.1. The fourth-order valence-electron chi connectivity index (χ4n) is 2.46. The molecule has 0 aromatic rings. The van der Waals surface area contributed by atoms with Crippen molar-refractivity contribution in [1.29, 1.82) is 0 Å². The van der Waals surface area contributed by atoms with Gasteiger partial charge in [-0.1, -0.05) is 50.7 Å². The van der Waals surface area contributed by atoms with Gasteiger partial charge < -0.3 is 20.4 Å². The third-order valence-corrected chi connectivity index (χ3v) is 3.81. The molecule has 4 N–H and O–H groups in total. The predicted octanol–water partition coefficient (Wildman–Crippen LogP) is 3.72. The van der Waals surface area contributed by atoms with Crippen LogP contribution in [-0.2, 0) is 4.79 Å². The SMILES string of the molecule is O=C(O)CCCCCCC/C=C\CCCCCCCC(O)(O)O. The molecule has 0 aliphatic rings. The van der Waals surface area contributed by atoms with E-state index in [2.05, 4.69) is 12.2 Å². The summed E-state index contributed by atoms with van der Waals surface area (Å²) in [6.45, 7) is 0. The van der Waals surface area contributed by atoms with Crippen molar-refractivity contribution in [3.8, 4) is 0 Å². The fourth-order valence-corrected chi connectivity index (χ4v) is 2.46. The van der Waals surface area contributed by atoms with Crippen molar-refractivity contribution < 1.29 is 25.2 Å². The van der Waals surface area contributed by atoms with Gasteiger partial charge in [-0.05, 0) is 38.5 Å². The molecule has 0 rings (SSSR count). The molecule has 0 aromatic carbocycles. The van der Waals surface area contributed by atoms with E-state index in [0.29, 0.717) is 12.8 Å². The van der Waals surface area contributed by atoms with Gasteiger partial charge in [0.1, 0.15) is 0 Å². The molecule has 5 nitrogen and oxygen atoms in total. The van der Waals surface area contributed by atoms with Crippen molar-refractivity contribution in [2.45, 2.75) is 95.9 Å². The standard InChI is InChI=1S/C18H34O5/c19-17(20)15-13-11-9-7-5-3-1-2-4-6-8-10-12-14-16-18(21,22)23/h1-2,21-23H,3-16H2,(H,19,20)/b2-1-. The van der Waals surface area contributed by atoms with Gasteiger partial charge in [-0.3, -0.25) is 4.79 Å². The summed E-state index contributed by atoms with van der Waals surface area (Å²) in [7, 11) is 0. The quantitative estimate of drug-likeness (QED) is 0.196. The highest BCUT2D eigenvalue weighted by Gasteiger charge is 2.16. The average Bonchev–Trinajstić information content (AvgIpc) is 2.45. The highest BCUT2D eigenvalue weighted by Crippen LogP contribution is 2.12. The second-order valence-electron chi connectivity index (χ2n) is 6.25. The molecular formula is C18H34O5. The molecule has 0 bridgehead atoms. The van der Waals surface area contributed by atoms with E-state index in [1.807, 2.05) is 0 Å².